The van der Waals surface area contributed by atoms with Gasteiger partial charge in [0.25, 0.3) is 0 Å². The molecule has 9 nitrogen and oxygen atoms in total. The lowest BCUT2D eigenvalue weighted by Crippen LogP contribution is -2.61. The number of aliphatic hydroxyl groups is 3. The van der Waals surface area contributed by atoms with Crippen LogP contribution < -0.4 is 15.0 Å². The van der Waals surface area contributed by atoms with Crippen molar-refractivity contribution in [2.24, 2.45) is 0 Å². The molecule has 0 radical (unpaired) electrons. The molecule has 0 aliphatic carbocycles. The van der Waals surface area contributed by atoms with Crippen LogP contribution in [0.5, 0.6) is 5.75 Å². The van der Waals surface area contributed by atoms with Crippen LogP contribution in [0.25, 0.3) is 0 Å². The number of carboxylic acid groups (broad SMARTS) is 1. The minimum absolute atomic E-state index is 0.357. The van der Waals surface area contributed by atoms with Crippen LogP contribution in [0.3, 0.4) is 0 Å². The third-order valence-corrected chi connectivity index (χ3v) is 4.38. The standard InChI is InChI=1S/C16H22N2O7/c19-11-12(20)14(15(22)23)25-16(13(11)21)24-10-3-1-9(2-4-10)18-7-5-17-6-8-18/h1-4,11-14,16-17,19-21H,5-8H2,(H,22,23)/t11-,12-,13+,14-,16+/m0/s1. The quantitative estimate of drug-likeness (QED) is 0.432. The second-order valence-electron chi connectivity index (χ2n) is 6.08. The zero-order chi connectivity index (χ0) is 18.0. The van der Waals surface area contributed by atoms with E-state index in [9.17, 15) is 20.1 Å². The topological polar surface area (TPSA) is 132 Å². The van der Waals surface area contributed by atoms with Gasteiger partial charge < -0.3 is 40.1 Å². The molecule has 1 aromatic rings. The summed E-state index contributed by atoms with van der Waals surface area (Å²) in [5.74, 6) is -1.09. The zero-order valence-corrected chi connectivity index (χ0v) is 13.5. The van der Waals surface area contributed by atoms with Crippen molar-refractivity contribution < 1.29 is 34.7 Å². The van der Waals surface area contributed by atoms with Crippen LogP contribution >= 0.6 is 0 Å². The van der Waals surface area contributed by atoms with Crippen molar-refractivity contribution in [3.8, 4) is 5.75 Å². The van der Waals surface area contributed by atoms with Gasteiger partial charge in [-0.2, -0.15) is 0 Å². The first kappa shape index (κ1) is 17.9. The first-order valence-electron chi connectivity index (χ1n) is 8.12. The smallest absolute Gasteiger partial charge is 0.335 e. The van der Waals surface area contributed by atoms with E-state index >= 15 is 0 Å². The summed E-state index contributed by atoms with van der Waals surface area (Å²) in [6, 6.07) is 7.08. The average molecular weight is 354 g/mol. The fourth-order valence-electron chi connectivity index (χ4n) is 2.94. The van der Waals surface area contributed by atoms with E-state index in [1.807, 2.05) is 12.1 Å². The monoisotopic (exact) mass is 354 g/mol. The van der Waals surface area contributed by atoms with E-state index in [4.69, 9.17) is 14.6 Å². The van der Waals surface area contributed by atoms with Gasteiger partial charge in [-0.05, 0) is 24.3 Å². The SMILES string of the molecule is O=C(O)[C@H]1O[C@@H](Oc2ccc(N3CCNCC3)cc2)[C@H](O)[C@@H](O)[C@@H]1O. The van der Waals surface area contributed by atoms with Crippen LogP contribution in [-0.4, -0.2) is 83.3 Å². The molecule has 2 aliphatic rings. The van der Waals surface area contributed by atoms with Crippen LogP contribution in [-0.2, 0) is 9.53 Å². The molecule has 1 aromatic carbocycles. The summed E-state index contributed by atoms with van der Waals surface area (Å²) in [7, 11) is 0. The van der Waals surface area contributed by atoms with Crippen molar-refractivity contribution >= 4 is 11.7 Å². The number of nitrogens with zero attached hydrogens (tertiary/aromatic N) is 1. The number of anilines is 1. The van der Waals surface area contributed by atoms with Gasteiger partial charge in [0.15, 0.2) is 6.10 Å². The van der Waals surface area contributed by atoms with Gasteiger partial charge >= 0.3 is 5.97 Å². The van der Waals surface area contributed by atoms with Crippen LogP contribution in [0.2, 0.25) is 0 Å². The molecule has 2 saturated heterocycles. The second-order valence-corrected chi connectivity index (χ2v) is 6.08. The molecule has 138 valence electrons. The number of nitrogens with one attached hydrogen (secondary N) is 1. The Kier molecular flexibility index (Phi) is 5.40. The summed E-state index contributed by atoms with van der Waals surface area (Å²) in [4.78, 5) is 13.3. The highest BCUT2D eigenvalue weighted by molar-refractivity contribution is 5.73. The Hall–Kier alpha value is -1.91. The molecule has 2 heterocycles. The van der Waals surface area contributed by atoms with E-state index < -0.39 is 36.7 Å². The molecule has 0 aromatic heterocycles. The van der Waals surface area contributed by atoms with Crippen LogP contribution in [0, 0.1) is 0 Å². The Morgan fingerprint density at radius 3 is 2.32 bits per heavy atom. The number of carboxylic acids is 1. The van der Waals surface area contributed by atoms with Crippen molar-refractivity contribution in [1.29, 1.82) is 0 Å². The Morgan fingerprint density at radius 2 is 1.72 bits per heavy atom. The number of hydrogen-bond donors (Lipinski definition) is 5. The maximum absolute atomic E-state index is 11.1. The van der Waals surface area contributed by atoms with E-state index in [1.165, 1.54) is 0 Å². The molecule has 9 heteroatoms. The number of aliphatic hydroxyl groups excluding tert-OH is 3. The maximum atomic E-state index is 11.1. The highest BCUT2D eigenvalue weighted by Gasteiger charge is 2.48. The Morgan fingerprint density at radius 1 is 1.08 bits per heavy atom. The minimum atomic E-state index is -1.73. The third kappa shape index (κ3) is 3.86. The largest absolute Gasteiger partial charge is 0.479 e. The molecule has 0 unspecified atom stereocenters. The molecule has 25 heavy (non-hydrogen) atoms. The lowest BCUT2D eigenvalue weighted by molar-refractivity contribution is -0.271. The van der Waals surface area contributed by atoms with Crippen molar-refractivity contribution in [1.82, 2.24) is 5.32 Å². The lowest BCUT2D eigenvalue weighted by atomic mass is 9.99. The van der Waals surface area contributed by atoms with Gasteiger partial charge in [0, 0.05) is 31.9 Å². The minimum Gasteiger partial charge on any atom is -0.479 e. The fourth-order valence-corrected chi connectivity index (χ4v) is 2.94. The van der Waals surface area contributed by atoms with E-state index in [-0.39, 0.29) is 0 Å². The summed E-state index contributed by atoms with van der Waals surface area (Å²) in [6.45, 7) is 3.62. The average Bonchev–Trinajstić information content (AvgIpc) is 2.63. The number of piperazine rings is 1. The number of carbonyl (C=O) groups is 1. The second kappa shape index (κ2) is 7.54. The maximum Gasteiger partial charge on any atom is 0.335 e. The van der Waals surface area contributed by atoms with Gasteiger partial charge in [0.05, 0.1) is 0 Å². The molecule has 0 amide bonds. The first-order chi connectivity index (χ1) is 12.0. The summed E-state index contributed by atoms with van der Waals surface area (Å²) in [5, 5.41) is 41.7. The molecule has 2 fully saturated rings. The Labute approximate surface area is 144 Å². The number of ether oxygens (including phenoxy) is 2. The van der Waals surface area contributed by atoms with Gasteiger partial charge in [-0.1, -0.05) is 0 Å². The third-order valence-electron chi connectivity index (χ3n) is 4.38. The highest BCUT2D eigenvalue weighted by atomic mass is 16.7. The van der Waals surface area contributed by atoms with Gasteiger partial charge in [-0.15, -0.1) is 0 Å². The van der Waals surface area contributed by atoms with E-state index in [0.29, 0.717) is 5.75 Å². The van der Waals surface area contributed by atoms with Crippen molar-refractivity contribution in [3.05, 3.63) is 24.3 Å². The molecule has 3 rings (SSSR count). The predicted molar refractivity (Wildman–Crippen MR) is 86.5 cm³/mol. The van der Waals surface area contributed by atoms with E-state index in [2.05, 4.69) is 10.2 Å². The molecule has 2 aliphatic heterocycles. The predicted octanol–water partition coefficient (Wildman–Crippen LogP) is -1.63. The fraction of sp³-hybridized carbons (Fsp3) is 0.562. The molecular weight excluding hydrogens is 332 g/mol. The lowest BCUT2D eigenvalue weighted by Gasteiger charge is -2.38. The summed E-state index contributed by atoms with van der Waals surface area (Å²) >= 11 is 0. The summed E-state index contributed by atoms with van der Waals surface area (Å²) in [6.07, 6.45) is -8.06. The van der Waals surface area contributed by atoms with Crippen molar-refractivity contribution in [2.45, 2.75) is 30.7 Å². The Bertz CT molecular complexity index is 591. The first-order valence-corrected chi connectivity index (χ1v) is 8.12. The molecule has 0 saturated carbocycles. The summed E-state index contributed by atoms with van der Waals surface area (Å²) < 4.78 is 10.6. The van der Waals surface area contributed by atoms with Gasteiger partial charge in [0.2, 0.25) is 6.29 Å². The van der Waals surface area contributed by atoms with E-state index in [0.717, 1.165) is 31.9 Å². The van der Waals surface area contributed by atoms with Crippen molar-refractivity contribution in [3.63, 3.8) is 0 Å². The molecular formula is C16H22N2O7. The molecule has 0 bridgehead atoms. The van der Waals surface area contributed by atoms with Gasteiger partial charge in [0.1, 0.15) is 24.1 Å². The van der Waals surface area contributed by atoms with Crippen LogP contribution in [0.4, 0.5) is 5.69 Å². The number of aliphatic carboxylic acids is 1. The normalized spacial score (nSPS) is 33.1. The molecule has 0 spiro atoms. The molecule has 5 N–H and O–H groups in total. The number of rotatable bonds is 4. The molecule has 5 atom stereocenters. The van der Waals surface area contributed by atoms with Crippen molar-refractivity contribution in [2.75, 3.05) is 31.1 Å². The Balaban J connectivity index is 1.67. The summed E-state index contributed by atoms with van der Waals surface area (Å²) in [5.41, 5.74) is 1.03. The zero-order valence-electron chi connectivity index (χ0n) is 13.5. The number of benzene rings is 1. The van der Waals surface area contributed by atoms with Gasteiger partial charge in [-0.3, -0.25) is 0 Å². The van der Waals surface area contributed by atoms with E-state index in [1.54, 1.807) is 12.1 Å². The van der Waals surface area contributed by atoms with Crippen LogP contribution in [0.1, 0.15) is 0 Å². The van der Waals surface area contributed by atoms with Crippen LogP contribution in [0.15, 0.2) is 24.3 Å². The highest BCUT2D eigenvalue weighted by Crippen LogP contribution is 2.26. The number of hydrogen-bond acceptors (Lipinski definition) is 8. The van der Waals surface area contributed by atoms with Gasteiger partial charge in [-0.25, -0.2) is 4.79 Å².